The van der Waals surface area contributed by atoms with E-state index < -0.39 is 5.54 Å². The van der Waals surface area contributed by atoms with Crippen LogP contribution in [0.15, 0.2) is 47.8 Å². The predicted octanol–water partition coefficient (Wildman–Crippen LogP) is 2.78. The third-order valence-electron chi connectivity index (χ3n) is 6.38. The molecule has 3 heterocycles. The number of carbonyl (C=O) groups excluding carboxylic acids is 2. The highest BCUT2D eigenvalue weighted by atomic mass is 32.1. The first-order valence-corrected chi connectivity index (χ1v) is 11.0. The van der Waals surface area contributed by atoms with E-state index in [9.17, 15) is 9.59 Å². The van der Waals surface area contributed by atoms with Crippen molar-refractivity contribution in [1.82, 2.24) is 25.2 Å². The normalized spacial score (nSPS) is 17.4. The number of hydrogen-bond acceptors (Lipinski definition) is 5. The largest absolute Gasteiger partial charge is 0.345 e. The lowest BCUT2D eigenvalue weighted by atomic mass is 9.90. The summed E-state index contributed by atoms with van der Waals surface area (Å²) in [7, 11) is 1.72. The van der Waals surface area contributed by atoms with Crippen molar-refractivity contribution in [2.45, 2.75) is 18.4 Å². The summed E-state index contributed by atoms with van der Waals surface area (Å²) in [6, 6.07) is 14.2. The molecule has 1 fully saturated rings. The molecule has 0 radical (unpaired) electrons. The molecule has 1 unspecified atom stereocenters. The lowest BCUT2D eigenvalue weighted by Gasteiger charge is -2.41. The Kier molecular flexibility index (Phi) is 3.82. The summed E-state index contributed by atoms with van der Waals surface area (Å²) in [5.41, 5.74) is 5.06. The highest BCUT2D eigenvalue weighted by Crippen LogP contribution is 2.38. The number of amides is 2. The number of imidazole rings is 1. The molecule has 7 nitrogen and oxygen atoms in total. The van der Waals surface area contributed by atoms with E-state index in [1.807, 2.05) is 41.8 Å². The number of nitrogens with one attached hydrogen (secondary N) is 2. The summed E-state index contributed by atoms with van der Waals surface area (Å²) in [6.07, 6.45) is 1.01. The fraction of sp³-hybridized carbons (Fsp3) is 0.217. The Morgan fingerprint density at radius 3 is 2.65 bits per heavy atom. The van der Waals surface area contributed by atoms with Gasteiger partial charge in [0.1, 0.15) is 5.54 Å². The minimum Gasteiger partial charge on any atom is -0.345 e. The molecule has 2 aliphatic rings. The maximum absolute atomic E-state index is 12.7. The van der Waals surface area contributed by atoms with Gasteiger partial charge < -0.3 is 15.2 Å². The van der Waals surface area contributed by atoms with Crippen LogP contribution in [-0.4, -0.2) is 50.8 Å². The minimum atomic E-state index is -0.834. The standard InChI is InChI=1S/C23H19N5O2S/c1-28-19(29)11-24-22(30)23(28)9-14-7-16-17(8-15(14)10-23)26-20(25-16)21-27-18(12-31-21)13-5-3-2-4-6-13/h2-8,12H,9-11H2,1H3,(H,24,30)(H,25,26). The molecule has 154 valence electrons. The van der Waals surface area contributed by atoms with Crippen molar-refractivity contribution >= 4 is 34.2 Å². The van der Waals surface area contributed by atoms with Crippen molar-refractivity contribution in [3.63, 3.8) is 0 Å². The molecular weight excluding hydrogens is 410 g/mol. The van der Waals surface area contributed by atoms with Crippen LogP contribution in [0.1, 0.15) is 11.1 Å². The second kappa shape index (κ2) is 6.49. The van der Waals surface area contributed by atoms with Crippen LogP contribution >= 0.6 is 11.3 Å². The number of nitrogens with zero attached hydrogens (tertiary/aromatic N) is 3. The minimum absolute atomic E-state index is 0.0589. The number of thiazole rings is 1. The number of likely N-dealkylation sites (N-methyl/N-ethyl adjacent to an activating group) is 1. The third-order valence-corrected chi connectivity index (χ3v) is 7.23. The lowest BCUT2D eigenvalue weighted by molar-refractivity contribution is -0.151. The maximum Gasteiger partial charge on any atom is 0.247 e. The second-order valence-electron chi connectivity index (χ2n) is 8.15. The zero-order valence-corrected chi connectivity index (χ0v) is 17.6. The molecule has 6 rings (SSSR count). The van der Waals surface area contributed by atoms with E-state index in [1.165, 1.54) is 0 Å². The van der Waals surface area contributed by atoms with Crippen LogP contribution in [0.25, 0.3) is 33.1 Å². The van der Waals surface area contributed by atoms with Gasteiger partial charge in [-0.3, -0.25) is 9.59 Å². The number of hydrogen-bond donors (Lipinski definition) is 2. The molecule has 1 saturated heterocycles. The Balaban J connectivity index is 1.35. The highest BCUT2D eigenvalue weighted by Gasteiger charge is 2.51. The van der Waals surface area contributed by atoms with Gasteiger partial charge >= 0.3 is 0 Å². The monoisotopic (exact) mass is 429 g/mol. The molecule has 2 amide bonds. The SMILES string of the molecule is CN1C(=O)CNC(=O)C12Cc1cc3nc(-c4nc(-c5ccccc5)cs4)[nH]c3cc1C2. The maximum atomic E-state index is 12.7. The summed E-state index contributed by atoms with van der Waals surface area (Å²) < 4.78 is 0. The van der Waals surface area contributed by atoms with Gasteiger partial charge in [0.25, 0.3) is 0 Å². The van der Waals surface area contributed by atoms with Crippen LogP contribution in [0.4, 0.5) is 0 Å². The van der Waals surface area contributed by atoms with Gasteiger partial charge in [-0.2, -0.15) is 0 Å². The van der Waals surface area contributed by atoms with Crippen molar-refractivity contribution in [2.24, 2.45) is 0 Å². The number of fused-ring (bicyclic) bond motifs is 2. The smallest absolute Gasteiger partial charge is 0.247 e. The van der Waals surface area contributed by atoms with Gasteiger partial charge in [0.2, 0.25) is 11.8 Å². The van der Waals surface area contributed by atoms with E-state index >= 15 is 0 Å². The van der Waals surface area contributed by atoms with E-state index in [1.54, 1.807) is 23.3 Å². The molecule has 2 N–H and O–H groups in total. The topological polar surface area (TPSA) is 91.0 Å². The number of aromatic amines is 1. The van der Waals surface area contributed by atoms with Gasteiger partial charge in [-0.1, -0.05) is 30.3 Å². The molecule has 4 aromatic rings. The molecule has 2 aromatic carbocycles. The van der Waals surface area contributed by atoms with Gasteiger partial charge in [0, 0.05) is 30.8 Å². The van der Waals surface area contributed by atoms with Gasteiger partial charge in [-0.05, 0) is 23.3 Å². The molecule has 1 spiro atoms. The summed E-state index contributed by atoms with van der Waals surface area (Å²) >= 11 is 1.56. The number of H-pyrrole nitrogens is 1. The first-order valence-electron chi connectivity index (χ1n) is 10.1. The second-order valence-corrected chi connectivity index (χ2v) is 9.01. The molecule has 8 heteroatoms. The van der Waals surface area contributed by atoms with Crippen LogP contribution in [0.5, 0.6) is 0 Å². The molecule has 1 aliphatic carbocycles. The average molecular weight is 430 g/mol. The molecule has 1 atom stereocenters. The molecule has 1 aliphatic heterocycles. The lowest BCUT2D eigenvalue weighted by Crippen LogP contribution is -2.66. The first kappa shape index (κ1) is 18.3. The molecular formula is C23H19N5O2S. The van der Waals surface area contributed by atoms with Crippen LogP contribution in [0, 0.1) is 0 Å². The van der Waals surface area contributed by atoms with E-state index in [0.717, 1.165) is 44.2 Å². The third kappa shape index (κ3) is 2.71. The van der Waals surface area contributed by atoms with Gasteiger partial charge in [0.05, 0.1) is 23.3 Å². The van der Waals surface area contributed by atoms with E-state index in [0.29, 0.717) is 12.8 Å². The van der Waals surface area contributed by atoms with Gasteiger partial charge in [-0.25, -0.2) is 9.97 Å². The van der Waals surface area contributed by atoms with Crippen molar-refractivity contribution in [3.8, 4) is 22.1 Å². The first-order chi connectivity index (χ1) is 15.0. The zero-order valence-electron chi connectivity index (χ0n) is 16.8. The number of rotatable bonds is 2. The summed E-state index contributed by atoms with van der Waals surface area (Å²) in [5.74, 6) is 0.596. The van der Waals surface area contributed by atoms with Crippen LogP contribution in [0.2, 0.25) is 0 Å². The van der Waals surface area contributed by atoms with Crippen molar-refractivity contribution in [1.29, 1.82) is 0 Å². The fourth-order valence-electron chi connectivity index (χ4n) is 4.62. The fourth-order valence-corrected chi connectivity index (χ4v) is 5.39. The number of benzene rings is 2. The number of aromatic nitrogens is 3. The Morgan fingerprint density at radius 2 is 1.84 bits per heavy atom. The highest BCUT2D eigenvalue weighted by molar-refractivity contribution is 7.13. The van der Waals surface area contributed by atoms with E-state index in [-0.39, 0.29) is 18.4 Å². The molecule has 0 bridgehead atoms. The zero-order chi connectivity index (χ0) is 21.2. The molecule has 2 aromatic heterocycles. The summed E-state index contributed by atoms with van der Waals surface area (Å²) in [5, 5.41) is 5.63. The molecule has 0 saturated carbocycles. The summed E-state index contributed by atoms with van der Waals surface area (Å²) in [6.45, 7) is 0.0674. The van der Waals surface area contributed by atoms with Crippen LogP contribution < -0.4 is 5.32 Å². The van der Waals surface area contributed by atoms with Gasteiger partial charge in [-0.15, -0.1) is 11.3 Å². The van der Waals surface area contributed by atoms with Crippen LogP contribution in [0.3, 0.4) is 0 Å². The quantitative estimate of drug-likeness (QED) is 0.513. The van der Waals surface area contributed by atoms with Gasteiger partial charge in [0.15, 0.2) is 10.8 Å². The Morgan fingerprint density at radius 1 is 1.06 bits per heavy atom. The van der Waals surface area contributed by atoms with Crippen molar-refractivity contribution in [2.75, 3.05) is 13.6 Å². The van der Waals surface area contributed by atoms with Crippen molar-refractivity contribution in [3.05, 3.63) is 59.0 Å². The number of carbonyl (C=O) groups is 2. The van der Waals surface area contributed by atoms with Crippen LogP contribution in [-0.2, 0) is 22.4 Å². The van der Waals surface area contributed by atoms with E-state index in [2.05, 4.69) is 16.4 Å². The average Bonchev–Trinajstić information content (AvgIpc) is 3.50. The molecule has 31 heavy (non-hydrogen) atoms. The van der Waals surface area contributed by atoms with E-state index in [4.69, 9.17) is 9.97 Å². The Hall–Kier alpha value is -3.52. The van der Waals surface area contributed by atoms with Crippen molar-refractivity contribution < 1.29 is 9.59 Å². The predicted molar refractivity (Wildman–Crippen MR) is 119 cm³/mol. The Bertz CT molecular complexity index is 1310. The Labute approximate surface area is 182 Å². The number of piperazine rings is 1. The summed E-state index contributed by atoms with van der Waals surface area (Å²) in [4.78, 5) is 39.4.